The second-order valence-corrected chi connectivity index (χ2v) is 8.45. The minimum atomic E-state index is 0.306. The molecule has 3 nitrogen and oxygen atoms in total. The summed E-state index contributed by atoms with van der Waals surface area (Å²) < 4.78 is 12.3. The smallest absolute Gasteiger partial charge is 0.175 e. The molecule has 144 valence electrons. The van der Waals surface area contributed by atoms with Gasteiger partial charge in [-0.25, -0.2) is 0 Å². The zero-order valence-electron chi connectivity index (χ0n) is 14.9. The van der Waals surface area contributed by atoms with E-state index in [1.54, 1.807) is 19.2 Å². The standard InChI is InChI=1S/C20H20BrCl2NO2S/c1-25-18-10-14(20(27)24-7-3-2-4-8-24)9-16(21)19(18)26-12-13-5-6-15(22)11-17(13)23/h5-6,9-11H,2-4,7-8,12H2,1H3. The predicted octanol–water partition coefficient (Wildman–Crippen LogP) is 6.50. The lowest BCUT2D eigenvalue weighted by Gasteiger charge is -2.29. The van der Waals surface area contributed by atoms with Gasteiger partial charge in [-0.15, -0.1) is 0 Å². The molecule has 0 unspecified atom stereocenters. The summed E-state index contributed by atoms with van der Waals surface area (Å²) in [5.74, 6) is 1.25. The van der Waals surface area contributed by atoms with E-state index in [-0.39, 0.29) is 0 Å². The Labute approximate surface area is 183 Å². The third-order valence-electron chi connectivity index (χ3n) is 4.51. The molecule has 3 rings (SSSR count). The minimum Gasteiger partial charge on any atom is -0.493 e. The summed E-state index contributed by atoms with van der Waals surface area (Å²) in [6.45, 7) is 2.32. The van der Waals surface area contributed by atoms with Crippen molar-refractivity contribution in [2.75, 3.05) is 20.2 Å². The quantitative estimate of drug-likeness (QED) is 0.447. The molecule has 0 bridgehead atoms. The highest BCUT2D eigenvalue weighted by atomic mass is 79.9. The molecule has 1 saturated heterocycles. The summed E-state index contributed by atoms with van der Waals surface area (Å²) >= 11 is 21.5. The Kier molecular flexibility index (Phi) is 7.26. The maximum Gasteiger partial charge on any atom is 0.175 e. The Hall–Kier alpha value is -1.01. The number of hydrogen-bond donors (Lipinski definition) is 0. The van der Waals surface area contributed by atoms with E-state index in [9.17, 15) is 0 Å². The molecule has 0 aliphatic carbocycles. The highest BCUT2D eigenvalue weighted by Gasteiger charge is 2.19. The number of piperidine rings is 1. The van der Waals surface area contributed by atoms with Crippen molar-refractivity contribution < 1.29 is 9.47 Å². The Balaban J connectivity index is 1.80. The van der Waals surface area contributed by atoms with Crippen LogP contribution in [-0.2, 0) is 6.61 Å². The van der Waals surface area contributed by atoms with E-state index in [4.69, 9.17) is 44.9 Å². The van der Waals surface area contributed by atoms with Gasteiger partial charge in [-0.3, -0.25) is 0 Å². The van der Waals surface area contributed by atoms with Gasteiger partial charge in [-0.05, 0) is 59.5 Å². The molecule has 0 N–H and O–H groups in total. The van der Waals surface area contributed by atoms with Crippen LogP contribution < -0.4 is 9.47 Å². The molecule has 2 aromatic rings. The monoisotopic (exact) mass is 487 g/mol. The number of methoxy groups -OCH3 is 1. The van der Waals surface area contributed by atoms with Crippen molar-refractivity contribution in [3.05, 3.63) is 56.0 Å². The zero-order valence-corrected chi connectivity index (χ0v) is 18.8. The average Bonchev–Trinajstić information content (AvgIpc) is 2.67. The van der Waals surface area contributed by atoms with E-state index in [0.29, 0.717) is 28.2 Å². The summed E-state index contributed by atoms with van der Waals surface area (Å²) in [4.78, 5) is 3.11. The number of nitrogens with zero attached hydrogens (tertiary/aromatic N) is 1. The predicted molar refractivity (Wildman–Crippen MR) is 119 cm³/mol. The number of thiocarbonyl (C=S) groups is 1. The van der Waals surface area contributed by atoms with Gasteiger partial charge in [-0.1, -0.05) is 41.5 Å². The molecule has 0 saturated carbocycles. The SMILES string of the molecule is COc1cc(C(=S)N2CCCCC2)cc(Br)c1OCc1ccc(Cl)cc1Cl. The molecular weight excluding hydrogens is 469 g/mol. The van der Waals surface area contributed by atoms with Crippen LogP contribution >= 0.6 is 51.3 Å². The van der Waals surface area contributed by atoms with Crippen molar-refractivity contribution in [1.29, 1.82) is 0 Å². The molecular formula is C20H20BrCl2NO2S. The molecule has 1 aliphatic rings. The topological polar surface area (TPSA) is 21.7 Å². The van der Waals surface area contributed by atoms with Gasteiger partial charge < -0.3 is 14.4 Å². The van der Waals surface area contributed by atoms with Gasteiger partial charge >= 0.3 is 0 Å². The van der Waals surface area contributed by atoms with E-state index in [0.717, 1.165) is 33.7 Å². The van der Waals surface area contributed by atoms with Crippen molar-refractivity contribution in [2.24, 2.45) is 0 Å². The second-order valence-electron chi connectivity index (χ2n) is 6.37. The van der Waals surface area contributed by atoms with Crippen molar-refractivity contribution >= 4 is 56.3 Å². The number of benzene rings is 2. The lowest BCUT2D eigenvalue weighted by Crippen LogP contribution is -2.34. The maximum atomic E-state index is 6.23. The van der Waals surface area contributed by atoms with Crippen molar-refractivity contribution in [3.8, 4) is 11.5 Å². The highest BCUT2D eigenvalue weighted by Crippen LogP contribution is 2.38. The van der Waals surface area contributed by atoms with Crippen molar-refractivity contribution in [2.45, 2.75) is 25.9 Å². The van der Waals surface area contributed by atoms with Crippen molar-refractivity contribution in [1.82, 2.24) is 4.90 Å². The van der Waals surface area contributed by atoms with E-state index < -0.39 is 0 Å². The van der Waals surface area contributed by atoms with Gasteiger partial charge in [-0.2, -0.15) is 0 Å². The third-order valence-corrected chi connectivity index (χ3v) is 6.18. The van der Waals surface area contributed by atoms with Crippen LogP contribution in [-0.4, -0.2) is 30.1 Å². The maximum absolute atomic E-state index is 6.23. The number of ether oxygens (including phenoxy) is 2. The van der Waals surface area contributed by atoms with Crippen LogP contribution in [0.15, 0.2) is 34.8 Å². The highest BCUT2D eigenvalue weighted by molar-refractivity contribution is 9.10. The lowest BCUT2D eigenvalue weighted by atomic mass is 10.1. The van der Waals surface area contributed by atoms with Gasteiger partial charge in [0.05, 0.1) is 11.6 Å². The molecule has 0 radical (unpaired) electrons. The second kappa shape index (κ2) is 9.46. The van der Waals surface area contributed by atoms with E-state index in [1.807, 2.05) is 18.2 Å². The first-order valence-corrected chi connectivity index (χ1v) is 10.7. The van der Waals surface area contributed by atoms with Crippen molar-refractivity contribution in [3.63, 3.8) is 0 Å². The largest absolute Gasteiger partial charge is 0.493 e. The van der Waals surface area contributed by atoms with Crippen LogP contribution in [0.25, 0.3) is 0 Å². The fourth-order valence-corrected chi connectivity index (χ4v) is 4.37. The molecule has 1 aliphatic heterocycles. The molecule has 0 atom stereocenters. The van der Waals surface area contributed by atoms with Gasteiger partial charge in [0, 0.05) is 34.3 Å². The van der Waals surface area contributed by atoms with Crippen LogP contribution in [0.1, 0.15) is 30.4 Å². The lowest BCUT2D eigenvalue weighted by molar-refractivity contribution is 0.282. The van der Waals surface area contributed by atoms with Crippen LogP contribution in [0.4, 0.5) is 0 Å². The zero-order chi connectivity index (χ0) is 19.4. The molecule has 0 aromatic heterocycles. The Morgan fingerprint density at radius 3 is 2.56 bits per heavy atom. The fraction of sp³-hybridized carbons (Fsp3) is 0.350. The van der Waals surface area contributed by atoms with Crippen LogP contribution in [0.2, 0.25) is 10.0 Å². The fourth-order valence-electron chi connectivity index (χ4n) is 3.05. The Morgan fingerprint density at radius 1 is 1.15 bits per heavy atom. The average molecular weight is 489 g/mol. The van der Waals surface area contributed by atoms with Gasteiger partial charge in [0.25, 0.3) is 0 Å². The molecule has 1 fully saturated rings. The van der Waals surface area contributed by atoms with Gasteiger partial charge in [0.15, 0.2) is 11.5 Å². The first-order valence-electron chi connectivity index (χ1n) is 8.73. The molecule has 2 aromatic carbocycles. The molecule has 1 heterocycles. The van der Waals surface area contributed by atoms with Crippen LogP contribution in [0, 0.1) is 0 Å². The number of halogens is 3. The number of rotatable bonds is 5. The summed E-state index contributed by atoms with van der Waals surface area (Å²) in [6, 6.07) is 9.26. The Morgan fingerprint density at radius 2 is 1.89 bits per heavy atom. The summed E-state index contributed by atoms with van der Waals surface area (Å²) in [5.41, 5.74) is 1.80. The first kappa shape index (κ1) is 20.7. The number of likely N-dealkylation sites (tertiary alicyclic amines) is 1. The molecule has 7 heteroatoms. The summed E-state index contributed by atoms with van der Waals surface area (Å²) in [7, 11) is 1.62. The van der Waals surface area contributed by atoms with E-state index in [2.05, 4.69) is 20.8 Å². The molecule has 0 amide bonds. The van der Waals surface area contributed by atoms with Gasteiger partial charge in [0.2, 0.25) is 0 Å². The molecule has 27 heavy (non-hydrogen) atoms. The van der Waals surface area contributed by atoms with E-state index in [1.165, 1.54) is 19.3 Å². The summed E-state index contributed by atoms with van der Waals surface area (Å²) in [6.07, 6.45) is 3.63. The van der Waals surface area contributed by atoms with Crippen LogP contribution in [0.5, 0.6) is 11.5 Å². The Bertz CT molecular complexity index is 841. The van der Waals surface area contributed by atoms with Crippen LogP contribution in [0.3, 0.4) is 0 Å². The van der Waals surface area contributed by atoms with Gasteiger partial charge in [0.1, 0.15) is 11.6 Å². The third kappa shape index (κ3) is 5.08. The number of hydrogen-bond acceptors (Lipinski definition) is 3. The normalized spacial score (nSPS) is 14.1. The summed E-state index contributed by atoms with van der Waals surface area (Å²) in [5, 5.41) is 1.17. The van der Waals surface area contributed by atoms with E-state index >= 15 is 0 Å². The minimum absolute atomic E-state index is 0.306. The first-order chi connectivity index (χ1) is 13.0. The molecule has 0 spiro atoms.